The van der Waals surface area contributed by atoms with Crippen LogP contribution < -0.4 is 10.6 Å². The van der Waals surface area contributed by atoms with Crippen LogP contribution in [0.3, 0.4) is 0 Å². The Kier molecular flexibility index (Phi) is 8.44. The molecule has 0 spiro atoms. The lowest BCUT2D eigenvalue weighted by molar-refractivity contribution is -0.0164. The first-order chi connectivity index (χ1) is 11.7. The van der Waals surface area contributed by atoms with Crippen LogP contribution in [0.1, 0.15) is 36.1 Å². The lowest BCUT2D eigenvalue weighted by atomic mass is 9.88. The van der Waals surface area contributed by atoms with Crippen molar-refractivity contribution in [2.24, 2.45) is 4.99 Å². The number of aryl methyl sites for hydroxylation is 1. The molecule has 0 aliphatic carbocycles. The van der Waals surface area contributed by atoms with E-state index in [0.717, 1.165) is 45.1 Å². The normalized spacial score (nSPS) is 21.0. The molecule has 0 atom stereocenters. The van der Waals surface area contributed by atoms with Crippen molar-refractivity contribution in [3.63, 3.8) is 0 Å². The highest BCUT2D eigenvalue weighted by Crippen LogP contribution is 2.30. The first kappa shape index (κ1) is 20.9. The van der Waals surface area contributed by atoms with Crippen LogP contribution in [0.25, 0.3) is 0 Å². The van der Waals surface area contributed by atoms with Gasteiger partial charge in [-0.25, -0.2) is 0 Å². The number of aliphatic imine (C=N–C) groups is 1. The minimum absolute atomic E-state index is 0. The molecule has 2 fully saturated rings. The molecule has 142 valence electrons. The van der Waals surface area contributed by atoms with Crippen molar-refractivity contribution in [1.82, 2.24) is 15.5 Å². The number of nitrogens with zero attached hydrogens (tertiary/aromatic N) is 2. The summed E-state index contributed by atoms with van der Waals surface area (Å²) in [6.07, 6.45) is 4.88. The van der Waals surface area contributed by atoms with Crippen LogP contribution in [0.2, 0.25) is 0 Å². The molecule has 0 radical (unpaired) electrons. The van der Waals surface area contributed by atoms with E-state index in [9.17, 15) is 0 Å². The summed E-state index contributed by atoms with van der Waals surface area (Å²) in [6.45, 7) is 8.14. The summed E-state index contributed by atoms with van der Waals surface area (Å²) in [6, 6.07) is 2.17. The highest BCUT2D eigenvalue weighted by molar-refractivity contribution is 14.0. The minimum atomic E-state index is 0. The first-order valence-electron chi connectivity index (χ1n) is 9.04. The SMILES string of the molecule is CN=C(NCc1sccc1C)NCC1(N2CCCC2)CCOCC1.I. The summed E-state index contributed by atoms with van der Waals surface area (Å²) < 4.78 is 5.63. The van der Waals surface area contributed by atoms with Gasteiger partial charge >= 0.3 is 0 Å². The smallest absolute Gasteiger partial charge is 0.191 e. The Morgan fingerprint density at radius 1 is 1.28 bits per heavy atom. The van der Waals surface area contributed by atoms with E-state index >= 15 is 0 Å². The van der Waals surface area contributed by atoms with Crippen molar-refractivity contribution >= 4 is 41.3 Å². The summed E-state index contributed by atoms with van der Waals surface area (Å²) in [7, 11) is 1.85. The van der Waals surface area contributed by atoms with Crippen LogP contribution >= 0.6 is 35.3 Å². The summed E-state index contributed by atoms with van der Waals surface area (Å²) in [5.74, 6) is 0.896. The monoisotopic (exact) mass is 478 g/mol. The molecule has 2 N–H and O–H groups in total. The Morgan fingerprint density at radius 2 is 2.00 bits per heavy atom. The van der Waals surface area contributed by atoms with Crippen LogP contribution in [0.4, 0.5) is 0 Å². The molecule has 25 heavy (non-hydrogen) atoms. The molecule has 3 heterocycles. The molecule has 0 amide bonds. The molecule has 1 aromatic heterocycles. The Morgan fingerprint density at radius 3 is 2.60 bits per heavy atom. The van der Waals surface area contributed by atoms with Crippen molar-refractivity contribution in [1.29, 1.82) is 0 Å². The molecular weight excluding hydrogens is 447 g/mol. The van der Waals surface area contributed by atoms with Gasteiger partial charge in [-0.2, -0.15) is 0 Å². The second-order valence-corrected chi connectivity index (χ2v) is 7.84. The molecule has 7 heteroatoms. The number of hydrogen-bond donors (Lipinski definition) is 2. The van der Waals surface area contributed by atoms with Gasteiger partial charge in [0.2, 0.25) is 0 Å². The third kappa shape index (κ3) is 5.30. The van der Waals surface area contributed by atoms with Gasteiger partial charge in [0.25, 0.3) is 0 Å². The summed E-state index contributed by atoms with van der Waals surface area (Å²) >= 11 is 1.80. The van der Waals surface area contributed by atoms with Crippen molar-refractivity contribution in [3.05, 3.63) is 21.9 Å². The molecule has 0 aromatic carbocycles. The lowest BCUT2D eigenvalue weighted by Gasteiger charge is -2.45. The van der Waals surface area contributed by atoms with Gasteiger partial charge in [0.05, 0.1) is 6.54 Å². The molecule has 5 nitrogen and oxygen atoms in total. The summed E-state index contributed by atoms with van der Waals surface area (Å²) in [5, 5.41) is 9.19. The zero-order valence-electron chi connectivity index (χ0n) is 15.3. The molecule has 0 unspecified atom stereocenters. The molecule has 2 saturated heterocycles. The Hall–Kier alpha value is -0.380. The summed E-state index contributed by atoms with van der Waals surface area (Å²) in [5.41, 5.74) is 1.58. The molecular formula is C18H31IN4OS. The van der Waals surface area contributed by atoms with Crippen molar-refractivity contribution in [2.75, 3.05) is 39.9 Å². The molecule has 3 rings (SSSR count). The van der Waals surface area contributed by atoms with Gasteiger partial charge in [0, 0.05) is 37.2 Å². The minimum Gasteiger partial charge on any atom is -0.381 e. The average molecular weight is 478 g/mol. The van der Waals surface area contributed by atoms with Crippen molar-refractivity contribution < 1.29 is 4.74 Å². The number of halogens is 1. The van der Waals surface area contributed by atoms with E-state index in [0.29, 0.717) is 0 Å². The molecule has 1 aromatic rings. The van der Waals surface area contributed by atoms with E-state index < -0.39 is 0 Å². The second-order valence-electron chi connectivity index (χ2n) is 6.84. The van der Waals surface area contributed by atoms with E-state index in [-0.39, 0.29) is 29.5 Å². The van der Waals surface area contributed by atoms with Gasteiger partial charge in [0.1, 0.15) is 0 Å². The van der Waals surface area contributed by atoms with Gasteiger partial charge in [-0.1, -0.05) is 0 Å². The maximum absolute atomic E-state index is 5.63. The number of rotatable bonds is 5. The third-order valence-electron chi connectivity index (χ3n) is 5.39. The van der Waals surface area contributed by atoms with Gasteiger partial charge in [0.15, 0.2) is 5.96 Å². The largest absolute Gasteiger partial charge is 0.381 e. The number of nitrogens with one attached hydrogen (secondary N) is 2. The maximum Gasteiger partial charge on any atom is 0.191 e. The number of ether oxygens (including phenoxy) is 1. The van der Waals surface area contributed by atoms with Gasteiger partial charge in [-0.05, 0) is 62.7 Å². The van der Waals surface area contributed by atoms with Gasteiger partial charge in [-0.3, -0.25) is 9.89 Å². The Labute approximate surface area is 172 Å². The highest BCUT2D eigenvalue weighted by atomic mass is 127. The van der Waals surface area contributed by atoms with Crippen LogP contribution in [-0.4, -0.2) is 56.3 Å². The highest BCUT2D eigenvalue weighted by Gasteiger charge is 2.39. The molecule has 0 bridgehead atoms. The van der Waals surface area contributed by atoms with E-state index in [1.165, 1.54) is 36.4 Å². The van der Waals surface area contributed by atoms with Crippen LogP contribution in [0.15, 0.2) is 16.4 Å². The molecule has 2 aliphatic heterocycles. The third-order valence-corrected chi connectivity index (χ3v) is 6.42. The van der Waals surface area contributed by atoms with E-state index in [1.54, 1.807) is 11.3 Å². The lowest BCUT2D eigenvalue weighted by Crippen LogP contribution is -2.58. The maximum atomic E-state index is 5.63. The zero-order valence-corrected chi connectivity index (χ0v) is 18.5. The predicted molar refractivity (Wildman–Crippen MR) is 116 cm³/mol. The van der Waals surface area contributed by atoms with Gasteiger partial charge in [-0.15, -0.1) is 35.3 Å². The van der Waals surface area contributed by atoms with Crippen molar-refractivity contribution in [3.8, 4) is 0 Å². The Bertz CT molecular complexity index is 551. The van der Waals surface area contributed by atoms with E-state index in [2.05, 4.69) is 38.9 Å². The van der Waals surface area contributed by atoms with E-state index in [4.69, 9.17) is 4.74 Å². The average Bonchev–Trinajstić information content (AvgIpc) is 3.28. The molecule has 0 saturated carbocycles. The fourth-order valence-corrected chi connectivity index (χ4v) is 4.61. The molecule has 2 aliphatic rings. The fraction of sp³-hybridized carbons (Fsp3) is 0.722. The topological polar surface area (TPSA) is 48.9 Å². The quantitative estimate of drug-likeness (QED) is 0.388. The van der Waals surface area contributed by atoms with Gasteiger partial charge < -0.3 is 15.4 Å². The number of thiophene rings is 1. The number of guanidine groups is 1. The van der Waals surface area contributed by atoms with Crippen LogP contribution in [0.5, 0.6) is 0 Å². The fourth-order valence-electron chi connectivity index (χ4n) is 3.77. The number of likely N-dealkylation sites (tertiary alicyclic amines) is 1. The van der Waals surface area contributed by atoms with E-state index in [1.807, 2.05) is 7.05 Å². The number of hydrogen-bond acceptors (Lipinski definition) is 4. The standard InChI is InChI=1S/C18H30N4OS.HI/c1-15-5-12-24-16(15)13-20-17(19-2)21-14-18(6-10-23-11-7-18)22-8-3-4-9-22;/h5,12H,3-4,6-11,13-14H2,1-2H3,(H2,19,20,21);1H. The zero-order chi connectivity index (χ0) is 16.8. The second kappa shape index (κ2) is 10.1. The van der Waals surface area contributed by atoms with Crippen molar-refractivity contribution in [2.45, 2.75) is 44.7 Å². The van der Waals surface area contributed by atoms with Crippen LogP contribution in [-0.2, 0) is 11.3 Å². The van der Waals surface area contributed by atoms with Crippen LogP contribution in [0, 0.1) is 6.92 Å². The Balaban J connectivity index is 0.00000225. The first-order valence-corrected chi connectivity index (χ1v) is 9.92. The summed E-state index contributed by atoms with van der Waals surface area (Å²) in [4.78, 5) is 8.46. The predicted octanol–water partition coefficient (Wildman–Crippen LogP) is 2.98.